The van der Waals surface area contributed by atoms with E-state index in [1.807, 2.05) is 6.07 Å². The third-order valence-electron chi connectivity index (χ3n) is 2.63. The summed E-state index contributed by atoms with van der Waals surface area (Å²) in [6.45, 7) is 0.435. The van der Waals surface area contributed by atoms with Gasteiger partial charge in [-0.05, 0) is 11.6 Å². The number of ether oxygens (including phenoxy) is 1. The van der Waals surface area contributed by atoms with Gasteiger partial charge in [-0.25, -0.2) is 4.98 Å². The highest BCUT2D eigenvalue weighted by molar-refractivity contribution is 6.20. The van der Waals surface area contributed by atoms with Gasteiger partial charge in [0.2, 0.25) is 0 Å². The highest BCUT2D eigenvalue weighted by Gasteiger charge is 2.36. The molecule has 18 heavy (non-hydrogen) atoms. The maximum atomic E-state index is 12.0. The van der Waals surface area contributed by atoms with Gasteiger partial charge in [-0.1, -0.05) is 0 Å². The summed E-state index contributed by atoms with van der Waals surface area (Å²) < 4.78 is 4.95. The number of nitriles is 1. The molecule has 0 radical (unpaired) electrons. The van der Waals surface area contributed by atoms with E-state index in [1.165, 1.54) is 6.20 Å². The molecule has 0 bridgehead atoms. The van der Waals surface area contributed by atoms with Crippen LogP contribution in [0.2, 0.25) is 0 Å². The first kappa shape index (κ1) is 12.2. The van der Waals surface area contributed by atoms with Crippen LogP contribution in [0, 0.1) is 11.3 Å². The fourth-order valence-corrected chi connectivity index (χ4v) is 1.82. The van der Waals surface area contributed by atoms with Gasteiger partial charge in [-0.15, -0.1) is 0 Å². The normalized spacial score (nSPS) is 13.7. The van der Waals surface area contributed by atoms with Crippen LogP contribution in [-0.4, -0.2) is 35.4 Å². The molecule has 0 atom stereocenters. The zero-order chi connectivity index (χ0) is 13.1. The minimum atomic E-state index is -0.436. The Kier molecular flexibility index (Phi) is 3.35. The number of carbonyl (C=O) groups is 2. The van der Waals surface area contributed by atoms with Crippen LogP contribution in [0.1, 0.15) is 32.8 Å². The molecular weight excluding hydrogens is 234 g/mol. The first-order valence-electron chi connectivity index (χ1n) is 5.40. The summed E-state index contributed by atoms with van der Waals surface area (Å²) in [5.74, 6) is -0.829. The lowest BCUT2D eigenvalue weighted by molar-refractivity contribution is 0.0656. The number of methoxy groups -OCH3 is 1. The van der Waals surface area contributed by atoms with E-state index < -0.39 is 11.8 Å². The van der Waals surface area contributed by atoms with Crippen LogP contribution < -0.4 is 0 Å². The lowest BCUT2D eigenvalue weighted by Crippen LogP contribution is -2.30. The van der Waals surface area contributed by atoms with Gasteiger partial charge in [0.05, 0.1) is 24.7 Å². The zero-order valence-electron chi connectivity index (χ0n) is 9.84. The molecule has 1 aromatic heterocycles. The molecule has 2 heterocycles. The van der Waals surface area contributed by atoms with Crippen molar-refractivity contribution >= 4 is 11.8 Å². The lowest BCUT2D eigenvalue weighted by Gasteiger charge is -2.09. The zero-order valence-corrected chi connectivity index (χ0v) is 9.84. The van der Waals surface area contributed by atoms with E-state index in [2.05, 4.69) is 4.98 Å². The maximum Gasteiger partial charge on any atom is 0.280 e. The molecular formula is C12H11N3O3. The molecule has 2 rings (SSSR count). The van der Waals surface area contributed by atoms with Crippen LogP contribution in [0.5, 0.6) is 0 Å². The topological polar surface area (TPSA) is 83.3 Å². The summed E-state index contributed by atoms with van der Waals surface area (Å²) in [6, 6.07) is 3.52. The number of carbonyl (C=O) groups excluding carboxylic acids is 2. The second-order valence-electron chi connectivity index (χ2n) is 3.84. The number of imide groups is 1. The van der Waals surface area contributed by atoms with E-state index >= 15 is 0 Å². The summed E-state index contributed by atoms with van der Waals surface area (Å²) >= 11 is 0. The van der Waals surface area contributed by atoms with E-state index in [-0.39, 0.29) is 24.2 Å². The minimum Gasteiger partial charge on any atom is -0.380 e. The first-order valence-corrected chi connectivity index (χ1v) is 5.40. The summed E-state index contributed by atoms with van der Waals surface area (Å²) in [7, 11) is 1.54. The van der Waals surface area contributed by atoms with Crippen molar-refractivity contribution in [3.63, 3.8) is 0 Å². The highest BCUT2D eigenvalue weighted by Crippen LogP contribution is 2.22. The van der Waals surface area contributed by atoms with Gasteiger partial charge >= 0.3 is 0 Å². The second-order valence-corrected chi connectivity index (χ2v) is 3.84. The van der Waals surface area contributed by atoms with Crippen molar-refractivity contribution in [2.75, 3.05) is 13.7 Å². The maximum absolute atomic E-state index is 12.0. The van der Waals surface area contributed by atoms with Crippen molar-refractivity contribution < 1.29 is 14.3 Å². The van der Waals surface area contributed by atoms with Crippen molar-refractivity contribution in [2.24, 2.45) is 0 Å². The largest absolute Gasteiger partial charge is 0.380 e. The molecule has 0 aromatic carbocycles. The molecule has 1 aliphatic heterocycles. The Labute approximate surface area is 104 Å². The standard InChI is InChI=1S/C12H11N3O3/c1-18-7-8-5-9-10(14-6-8)12(17)15(11(9)16)4-2-3-13/h5-6H,2,4,7H2,1H3. The molecule has 0 unspecified atom stereocenters. The van der Waals surface area contributed by atoms with Crippen LogP contribution in [-0.2, 0) is 11.3 Å². The van der Waals surface area contributed by atoms with E-state index in [4.69, 9.17) is 10.00 Å². The fourth-order valence-electron chi connectivity index (χ4n) is 1.82. The Bertz CT molecular complexity index is 548. The molecule has 6 nitrogen and oxygen atoms in total. The molecule has 6 heteroatoms. The molecule has 92 valence electrons. The highest BCUT2D eigenvalue weighted by atomic mass is 16.5. The van der Waals surface area contributed by atoms with E-state index in [0.29, 0.717) is 6.61 Å². The third-order valence-corrected chi connectivity index (χ3v) is 2.63. The summed E-state index contributed by atoms with van der Waals surface area (Å²) in [4.78, 5) is 28.9. The predicted molar refractivity (Wildman–Crippen MR) is 60.5 cm³/mol. The van der Waals surface area contributed by atoms with Crippen LogP contribution in [0.4, 0.5) is 0 Å². The summed E-state index contributed by atoms with van der Waals surface area (Å²) in [6.07, 6.45) is 1.64. The second kappa shape index (κ2) is 4.94. The Morgan fingerprint density at radius 2 is 2.22 bits per heavy atom. The third kappa shape index (κ3) is 1.96. The fraction of sp³-hybridized carbons (Fsp3) is 0.333. The molecule has 0 spiro atoms. The molecule has 1 aromatic rings. The van der Waals surface area contributed by atoms with Gasteiger partial charge in [0.25, 0.3) is 11.8 Å². The van der Waals surface area contributed by atoms with Gasteiger partial charge in [0.15, 0.2) is 0 Å². The van der Waals surface area contributed by atoms with Crippen molar-refractivity contribution in [3.8, 4) is 6.07 Å². The van der Waals surface area contributed by atoms with Crippen molar-refractivity contribution in [1.82, 2.24) is 9.88 Å². The lowest BCUT2D eigenvalue weighted by atomic mass is 10.1. The SMILES string of the molecule is COCc1cnc2c(c1)C(=O)N(CCC#N)C2=O. The van der Waals surface area contributed by atoms with Crippen LogP contribution in [0.15, 0.2) is 12.3 Å². The van der Waals surface area contributed by atoms with Crippen molar-refractivity contribution in [2.45, 2.75) is 13.0 Å². The van der Waals surface area contributed by atoms with Crippen LogP contribution >= 0.6 is 0 Å². The average Bonchev–Trinajstić information content (AvgIpc) is 2.60. The van der Waals surface area contributed by atoms with E-state index in [9.17, 15) is 9.59 Å². The van der Waals surface area contributed by atoms with Gasteiger partial charge in [-0.2, -0.15) is 5.26 Å². The summed E-state index contributed by atoms with van der Waals surface area (Å²) in [5.41, 5.74) is 1.17. The van der Waals surface area contributed by atoms with Crippen molar-refractivity contribution in [3.05, 3.63) is 29.1 Å². The molecule has 1 aliphatic rings. The van der Waals surface area contributed by atoms with Gasteiger partial charge in [0.1, 0.15) is 5.69 Å². The van der Waals surface area contributed by atoms with Crippen LogP contribution in [0.25, 0.3) is 0 Å². The number of fused-ring (bicyclic) bond motifs is 1. The number of hydrogen-bond acceptors (Lipinski definition) is 5. The van der Waals surface area contributed by atoms with E-state index in [0.717, 1.165) is 10.5 Å². The number of hydrogen-bond donors (Lipinski definition) is 0. The van der Waals surface area contributed by atoms with Crippen molar-refractivity contribution in [1.29, 1.82) is 5.26 Å². The number of amides is 2. The van der Waals surface area contributed by atoms with Gasteiger partial charge in [0, 0.05) is 19.9 Å². The van der Waals surface area contributed by atoms with Gasteiger partial charge < -0.3 is 4.74 Å². The van der Waals surface area contributed by atoms with Gasteiger partial charge in [-0.3, -0.25) is 14.5 Å². The monoisotopic (exact) mass is 245 g/mol. The Hall–Kier alpha value is -2.26. The predicted octanol–water partition coefficient (Wildman–Crippen LogP) is 0.738. The van der Waals surface area contributed by atoms with E-state index in [1.54, 1.807) is 13.2 Å². The Morgan fingerprint density at radius 3 is 2.89 bits per heavy atom. The molecule has 0 fully saturated rings. The average molecular weight is 245 g/mol. The summed E-state index contributed by atoms with van der Waals surface area (Å²) in [5, 5.41) is 8.50. The molecule has 0 saturated heterocycles. The number of rotatable bonds is 4. The van der Waals surface area contributed by atoms with Crippen LogP contribution in [0.3, 0.4) is 0 Å². The Morgan fingerprint density at radius 1 is 1.44 bits per heavy atom. The first-order chi connectivity index (χ1) is 8.69. The number of aromatic nitrogens is 1. The quantitative estimate of drug-likeness (QED) is 0.730. The minimum absolute atomic E-state index is 0.101. The number of pyridine rings is 1. The number of nitrogens with zero attached hydrogens (tertiary/aromatic N) is 3. The molecule has 2 amide bonds. The molecule has 0 saturated carbocycles. The molecule has 0 N–H and O–H groups in total. The smallest absolute Gasteiger partial charge is 0.280 e. The Balaban J connectivity index is 2.31. The molecule has 0 aliphatic carbocycles.